The Morgan fingerprint density at radius 3 is 3.00 bits per heavy atom. The summed E-state index contributed by atoms with van der Waals surface area (Å²) in [6.07, 6.45) is 2.94. The van der Waals surface area contributed by atoms with Crippen molar-refractivity contribution in [3.8, 4) is 5.75 Å². The van der Waals surface area contributed by atoms with E-state index in [4.69, 9.17) is 4.74 Å². The summed E-state index contributed by atoms with van der Waals surface area (Å²) in [7, 11) is 0. The fourth-order valence-corrected chi connectivity index (χ4v) is 1.87. The van der Waals surface area contributed by atoms with E-state index < -0.39 is 0 Å². The molecule has 0 saturated carbocycles. The number of nitrogens with zero attached hydrogens (tertiary/aromatic N) is 1. The lowest BCUT2D eigenvalue weighted by Gasteiger charge is -2.15. The van der Waals surface area contributed by atoms with Gasteiger partial charge in [-0.1, -0.05) is 13.0 Å². The molecule has 0 radical (unpaired) electrons. The van der Waals surface area contributed by atoms with Gasteiger partial charge in [0, 0.05) is 17.6 Å². The van der Waals surface area contributed by atoms with Crippen molar-refractivity contribution in [3.05, 3.63) is 36.5 Å². The number of rotatable bonds is 6. The highest BCUT2D eigenvalue weighted by molar-refractivity contribution is 5.84. The predicted molar refractivity (Wildman–Crippen MR) is 75.0 cm³/mol. The zero-order chi connectivity index (χ0) is 12.8. The van der Waals surface area contributed by atoms with Crippen LogP contribution in [0.3, 0.4) is 0 Å². The van der Waals surface area contributed by atoms with Gasteiger partial charge in [-0.3, -0.25) is 4.98 Å². The van der Waals surface area contributed by atoms with Crippen LogP contribution < -0.4 is 10.1 Å². The molecule has 0 amide bonds. The molecule has 3 heteroatoms. The molecule has 0 aliphatic heterocycles. The molecule has 0 bridgehead atoms. The lowest BCUT2D eigenvalue weighted by Crippen LogP contribution is -2.32. The smallest absolute Gasteiger partial charge is 0.128 e. The van der Waals surface area contributed by atoms with Crippen molar-refractivity contribution in [2.75, 3.05) is 13.2 Å². The Kier molecular flexibility index (Phi) is 4.53. The van der Waals surface area contributed by atoms with E-state index in [0.717, 1.165) is 29.6 Å². The Balaban J connectivity index is 2.03. The summed E-state index contributed by atoms with van der Waals surface area (Å²) in [6, 6.07) is 10.3. The number of benzene rings is 1. The van der Waals surface area contributed by atoms with Gasteiger partial charge in [-0.05, 0) is 44.2 Å². The maximum absolute atomic E-state index is 5.88. The fourth-order valence-electron chi connectivity index (χ4n) is 1.87. The van der Waals surface area contributed by atoms with Crippen molar-refractivity contribution < 1.29 is 4.74 Å². The van der Waals surface area contributed by atoms with Crippen LogP contribution in [0.15, 0.2) is 36.5 Å². The van der Waals surface area contributed by atoms with Crippen LogP contribution in [-0.2, 0) is 0 Å². The first-order chi connectivity index (χ1) is 8.81. The Morgan fingerprint density at radius 2 is 2.17 bits per heavy atom. The summed E-state index contributed by atoms with van der Waals surface area (Å²) >= 11 is 0. The van der Waals surface area contributed by atoms with Gasteiger partial charge in [-0.2, -0.15) is 0 Å². The average Bonchev–Trinajstić information content (AvgIpc) is 2.42. The Bertz CT molecular complexity index is 493. The SMILES string of the molecule is CCCNC(C)COc1cccc2ncccc12. The number of hydrogen-bond acceptors (Lipinski definition) is 3. The maximum atomic E-state index is 5.88. The molecule has 1 aromatic heterocycles. The van der Waals surface area contributed by atoms with Gasteiger partial charge in [-0.25, -0.2) is 0 Å². The molecule has 0 saturated heterocycles. The largest absolute Gasteiger partial charge is 0.491 e. The normalized spacial score (nSPS) is 12.6. The molecule has 96 valence electrons. The monoisotopic (exact) mass is 244 g/mol. The average molecular weight is 244 g/mol. The van der Waals surface area contributed by atoms with Crippen LogP contribution in [0.4, 0.5) is 0 Å². The van der Waals surface area contributed by atoms with Crippen molar-refractivity contribution in [1.29, 1.82) is 0 Å². The van der Waals surface area contributed by atoms with Crippen LogP contribution in [-0.4, -0.2) is 24.2 Å². The van der Waals surface area contributed by atoms with E-state index in [1.165, 1.54) is 0 Å². The molecular weight excluding hydrogens is 224 g/mol. The summed E-state index contributed by atoms with van der Waals surface area (Å²) in [5, 5.41) is 4.48. The molecule has 2 aromatic rings. The molecule has 0 aliphatic carbocycles. The zero-order valence-electron chi connectivity index (χ0n) is 11.0. The van der Waals surface area contributed by atoms with Crippen molar-refractivity contribution in [1.82, 2.24) is 10.3 Å². The topological polar surface area (TPSA) is 34.1 Å². The number of nitrogens with one attached hydrogen (secondary N) is 1. The molecule has 3 nitrogen and oxygen atoms in total. The third-order valence-corrected chi connectivity index (χ3v) is 2.84. The van der Waals surface area contributed by atoms with E-state index in [9.17, 15) is 0 Å². The van der Waals surface area contributed by atoms with Gasteiger partial charge in [0.1, 0.15) is 12.4 Å². The van der Waals surface area contributed by atoms with Crippen LogP contribution in [0.2, 0.25) is 0 Å². The summed E-state index contributed by atoms with van der Waals surface area (Å²) < 4.78 is 5.88. The molecule has 0 aliphatic rings. The summed E-state index contributed by atoms with van der Waals surface area (Å²) in [6.45, 7) is 6.01. The number of hydrogen-bond donors (Lipinski definition) is 1. The molecular formula is C15H20N2O. The van der Waals surface area contributed by atoms with Crippen LogP contribution in [0.1, 0.15) is 20.3 Å². The third-order valence-electron chi connectivity index (χ3n) is 2.84. The van der Waals surface area contributed by atoms with E-state index in [0.29, 0.717) is 12.6 Å². The van der Waals surface area contributed by atoms with Gasteiger partial charge in [-0.15, -0.1) is 0 Å². The highest BCUT2D eigenvalue weighted by Gasteiger charge is 2.05. The molecule has 1 heterocycles. The lowest BCUT2D eigenvalue weighted by molar-refractivity contribution is 0.276. The highest BCUT2D eigenvalue weighted by atomic mass is 16.5. The van der Waals surface area contributed by atoms with Gasteiger partial charge >= 0.3 is 0 Å². The molecule has 1 unspecified atom stereocenters. The van der Waals surface area contributed by atoms with E-state index >= 15 is 0 Å². The lowest BCUT2D eigenvalue weighted by atomic mass is 10.2. The Hall–Kier alpha value is -1.61. The molecule has 1 aromatic carbocycles. The quantitative estimate of drug-likeness (QED) is 0.848. The molecule has 2 rings (SSSR count). The standard InChI is InChI=1S/C15H20N2O/c1-3-9-16-12(2)11-18-15-8-4-7-14-13(15)6-5-10-17-14/h4-8,10,12,16H,3,9,11H2,1-2H3. The van der Waals surface area contributed by atoms with Gasteiger partial charge in [0.2, 0.25) is 0 Å². The molecule has 0 fully saturated rings. The van der Waals surface area contributed by atoms with Gasteiger partial charge in [0.25, 0.3) is 0 Å². The minimum absolute atomic E-state index is 0.358. The van der Waals surface area contributed by atoms with Crippen LogP contribution in [0.5, 0.6) is 5.75 Å². The maximum Gasteiger partial charge on any atom is 0.128 e. The van der Waals surface area contributed by atoms with E-state index in [1.807, 2.05) is 30.3 Å². The molecule has 1 N–H and O–H groups in total. The molecule has 1 atom stereocenters. The number of pyridine rings is 1. The van der Waals surface area contributed by atoms with Crippen molar-refractivity contribution in [2.24, 2.45) is 0 Å². The Morgan fingerprint density at radius 1 is 1.28 bits per heavy atom. The van der Waals surface area contributed by atoms with Crippen molar-refractivity contribution in [2.45, 2.75) is 26.3 Å². The first-order valence-corrected chi connectivity index (χ1v) is 6.51. The molecule has 18 heavy (non-hydrogen) atoms. The second-order valence-corrected chi connectivity index (χ2v) is 4.49. The third kappa shape index (κ3) is 3.20. The minimum atomic E-state index is 0.358. The van der Waals surface area contributed by atoms with Crippen molar-refractivity contribution >= 4 is 10.9 Å². The second-order valence-electron chi connectivity index (χ2n) is 4.49. The minimum Gasteiger partial charge on any atom is -0.491 e. The number of ether oxygens (including phenoxy) is 1. The summed E-state index contributed by atoms with van der Waals surface area (Å²) in [5.74, 6) is 0.908. The van der Waals surface area contributed by atoms with Crippen LogP contribution in [0, 0.1) is 0 Å². The van der Waals surface area contributed by atoms with Crippen LogP contribution >= 0.6 is 0 Å². The first kappa shape index (κ1) is 12.8. The first-order valence-electron chi connectivity index (χ1n) is 6.51. The number of fused-ring (bicyclic) bond motifs is 1. The van der Waals surface area contributed by atoms with E-state index in [2.05, 4.69) is 24.1 Å². The summed E-state index contributed by atoms with van der Waals surface area (Å²) in [4.78, 5) is 4.32. The van der Waals surface area contributed by atoms with Gasteiger partial charge in [0.05, 0.1) is 5.52 Å². The van der Waals surface area contributed by atoms with Gasteiger partial charge < -0.3 is 10.1 Å². The number of aromatic nitrogens is 1. The molecule has 0 spiro atoms. The summed E-state index contributed by atoms with van der Waals surface area (Å²) in [5.41, 5.74) is 0.976. The highest BCUT2D eigenvalue weighted by Crippen LogP contribution is 2.23. The van der Waals surface area contributed by atoms with E-state index in [-0.39, 0.29) is 0 Å². The predicted octanol–water partition coefficient (Wildman–Crippen LogP) is 3.00. The Labute approximate surface area is 108 Å². The second kappa shape index (κ2) is 6.36. The zero-order valence-corrected chi connectivity index (χ0v) is 11.0. The van der Waals surface area contributed by atoms with E-state index in [1.54, 1.807) is 6.20 Å². The fraction of sp³-hybridized carbons (Fsp3) is 0.400. The van der Waals surface area contributed by atoms with Crippen LogP contribution in [0.25, 0.3) is 10.9 Å². The van der Waals surface area contributed by atoms with Crippen molar-refractivity contribution in [3.63, 3.8) is 0 Å². The van der Waals surface area contributed by atoms with Gasteiger partial charge in [0.15, 0.2) is 0 Å².